The summed E-state index contributed by atoms with van der Waals surface area (Å²) in [5.41, 5.74) is 2.18. The first-order valence-corrected chi connectivity index (χ1v) is 9.82. The molecule has 0 radical (unpaired) electrons. The van der Waals surface area contributed by atoms with Crippen molar-refractivity contribution in [3.05, 3.63) is 58.0 Å². The van der Waals surface area contributed by atoms with Gasteiger partial charge in [-0.15, -0.1) is 11.3 Å². The minimum atomic E-state index is -0.566. The molecule has 0 atom stereocenters. The van der Waals surface area contributed by atoms with Gasteiger partial charge in [-0.2, -0.15) is 5.26 Å². The van der Waals surface area contributed by atoms with Gasteiger partial charge in [-0.1, -0.05) is 45.0 Å². The highest BCUT2D eigenvalue weighted by Crippen LogP contribution is 2.26. The molecule has 146 valence electrons. The lowest BCUT2D eigenvalue weighted by molar-refractivity contribution is -0.112. The van der Waals surface area contributed by atoms with Gasteiger partial charge in [0.1, 0.15) is 16.6 Å². The third-order valence-corrected chi connectivity index (χ3v) is 4.74. The monoisotopic (exact) mass is 396 g/mol. The molecule has 0 spiro atoms. The lowest BCUT2D eigenvalue weighted by Crippen LogP contribution is -2.17. The summed E-state index contributed by atoms with van der Waals surface area (Å²) in [4.78, 5) is 24.6. The van der Waals surface area contributed by atoms with E-state index in [0.29, 0.717) is 5.00 Å². The van der Waals surface area contributed by atoms with E-state index in [0.717, 1.165) is 5.56 Å². The number of carbonyl (C=O) groups is 2. The van der Waals surface area contributed by atoms with Crippen molar-refractivity contribution < 1.29 is 14.3 Å². The summed E-state index contributed by atoms with van der Waals surface area (Å²) >= 11 is 1.20. The lowest BCUT2D eigenvalue weighted by Gasteiger charge is -2.18. The van der Waals surface area contributed by atoms with Crippen LogP contribution in [-0.2, 0) is 14.9 Å². The maximum Gasteiger partial charge on any atom is 0.341 e. The molecular weight excluding hydrogens is 372 g/mol. The molecule has 0 unspecified atom stereocenters. The fourth-order valence-electron chi connectivity index (χ4n) is 2.41. The molecule has 0 aliphatic carbocycles. The first kappa shape index (κ1) is 21.4. The number of ether oxygens (including phenoxy) is 1. The molecule has 1 aromatic carbocycles. The largest absolute Gasteiger partial charge is 0.459 e. The normalized spacial score (nSPS) is 11.8. The van der Waals surface area contributed by atoms with E-state index in [-0.39, 0.29) is 22.7 Å². The summed E-state index contributed by atoms with van der Waals surface area (Å²) < 4.78 is 5.17. The number of amides is 1. The summed E-state index contributed by atoms with van der Waals surface area (Å²) in [5, 5.41) is 14.1. The van der Waals surface area contributed by atoms with Crippen molar-refractivity contribution in [2.45, 2.75) is 46.1 Å². The van der Waals surface area contributed by atoms with Crippen LogP contribution in [-0.4, -0.2) is 18.0 Å². The third-order valence-electron chi connectivity index (χ3n) is 3.91. The Labute approximate surface area is 169 Å². The molecule has 1 amide bonds. The van der Waals surface area contributed by atoms with E-state index in [4.69, 9.17) is 4.74 Å². The molecule has 5 nitrogen and oxygen atoms in total. The van der Waals surface area contributed by atoms with Crippen LogP contribution in [0.15, 0.2) is 41.3 Å². The van der Waals surface area contributed by atoms with Gasteiger partial charge in [-0.05, 0) is 47.9 Å². The Bertz CT molecular complexity index is 926. The van der Waals surface area contributed by atoms with Crippen LogP contribution < -0.4 is 5.32 Å². The highest BCUT2D eigenvalue weighted by molar-refractivity contribution is 7.14. The molecule has 0 saturated carbocycles. The van der Waals surface area contributed by atoms with Crippen molar-refractivity contribution in [1.82, 2.24) is 0 Å². The average molecular weight is 397 g/mol. The van der Waals surface area contributed by atoms with E-state index >= 15 is 0 Å². The molecular formula is C22H24N2O3S. The number of nitriles is 1. The molecule has 2 rings (SSSR count). The fourth-order valence-corrected chi connectivity index (χ4v) is 3.18. The Hall–Kier alpha value is -2.91. The number of carbonyl (C=O) groups excluding carboxylic acids is 2. The van der Waals surface area contributed by atoms with Gasteiger partial charge in [0.25, 0.3) is 5.91 Å². The molecule has 2 aromatic rings. The molecule has 1 aromatic heterocycles. The Balaban J connectivity index is 2.19. The van der Waals surface area contributed by atoms with Gasteiger partial charge in [-0.3, -0.25) is 4.79 Å². The van der Waals surface area contributed by atoms with Crippen LogP contribution in [0.5, 0.6) is 0 Å². The van der Waals surface area contributed by atoms with Crippen molar-refractivity contribution in [2.24, 2.45) is 0 Å². The Kier molecular flexibility index (Phi) is 6.76. The van der Waals surface area contributed by atoms with E-state index in [1.807, 2.05) is 30.3 Å². The lowest BCUT2D eigenvalue weighted by atomic mass is 9.86. The molecule has 28 heavy (non-hydrogen) atoms. The topological polar surface area (TPSA) is 79.2 Å². The molecule has 1 heterocycles. The molecule has 0 aliphatic rings. The second-order valence-corrected chi connectivity index (χ2v) is 8.53. The number of rotatable bonds is 5. The van der Waals surface area contributed by atoms with Gasteiger partial charge in [0.05, 0.1) is 11.7 Å². The smallest absolute Gasteiger partial charge is 0.341 e. The van der Waals surface area contributed by atoms with Crippen LogP contribution in [0.4, 0.5) is 5.00 Å². The van der Waals surface area contributed by atoms with Crippen molar-refractivity contribution in [3.63, 3.8) is 0 Å². The number of anilines is 1. The van der Waals surface area contributed by atoms with Gasteiger partial charge >= 0.3 is 5.97 Å². The predicted octanol–water partition coefficient (Wildman–Crippen LogP) is 5.16. The predicted molar refractivity (Wildman–Crippen MR) is 112 cm³/mol. The zero-order valence-corrected chi connectivity index (χ0v) is 17.5. The molecule has 6 heteroatoms. The SMILES string of the molecule is CC(C)OC(=O)c1ccsc1NC(=O)/C(C#N)=C/c1ccc(C(C)(C)C)cc1. The summed E-state index contributed by atoms with van der Waals surface area (Å²) in [5.74, 6) is -1.07. The third kappa shape index (κ3) is 5.54. The zero-order chi connectivity index (χ0) is 20.9. The van der Waals surface area contributed by atoms with E-state index in [9.17, 15) is 14.9 Å². The van der Waals surface area contributed by atoms with Gasteiger partial charge in [0.2, 0.25) is 0 Å². The van der Waals surface area contributed by atoms with E-state index in [1.165, 1.54) is 23.0 Å². The average Bonchev–Trinajstić information content (AvgIpc) is 3.06. The van der Waals surface area contributed by atoms with Crippen LogP contribution in [0.1, 0.15) is 56.1 Å². The summed E-state index contributed by atoms with van der Waals surface area (Å²) in [7, 11) is 0. The Morgan fingerprint density at radius 2 is 1.82 bits per heavy atom. The zero-order valence-electron chi connectivity index (χ0n) is 16.7. The molecule has 1 N–H and O–H groups in total. The van der Waals surface area contributed by atoms with Crippen LogP contribution in [0, 0.1) is 11.3 Å². The van der Waals surface area contributed by atoms with E-state index in [1.54, 1.807) is 25.3 Å². The number of benzene rings is 1. The maximum absolute atomic E-state index is 12.5. The second kappa shape index (κ2) is 8.85. The summed E-state index contributed by atoms with van der Waals surface area (Å²) in [6.45, 7) is 9.87. The van der Waals surface area contributed by atoms with Crippen molar-refractivity contribution >= 4 is 34.3 Å². The Morgan fingerprint density at radius 3 is 2.36 bits per heavy atom. The molecule has 0 bridgehead atoms. The molecule has 0 fully saturated rings. The number of nitrogens with one attached hydrogen (secondary N) is 1. The maximum atomic E-state index is 12.5. The van der Waals surface area contributed by atoms with Gasteiger partial charge in [0, 0.05) is 0 Å². The number of nitrogens with zero attached hydrogens (tertiary/aromatic N) is 1. The molecule has 0 saturated heterocycles. The van der Waals surface area contributed by atoms with E-state index < -0.39 is 11.9 Å². The highest BCUT2D eigenvalue weighted by atomic mass is 32.1. The minimum Gasteiger partial charge on any atom is -0.459 e. The van der Waals surface area contributed by atoms with Crippen molar-refractivity contribution in [1.29, 1.82) is 5.26 Å². The van der Waals surface area contributed by atoms with Gasteiger partial charge in [-0.25, -0.2) is 4.79 Å². The minimum absolute atomic E-state index is 0.0256. The van der Waals surface area contributed by atoms with Gasteiger partial charge in [0.15, 0.2) is 0 Å². The van der Waals surface area contributed by atoms with Crippen LogP contribution in [0.2, 0.25) is 0 Å². The van der Waals surface area contributed by atoms with Crippen LogP contribution >= 0.6 is 11.3 Å². The highest BCUT2D eigenvalue weighted by Gasteiger charge is 2.19. The van der Waals surface area contributed by atoms with E-state index in [2.05, 4.69) is 26.1 Å². The number of hydrogen-bond donors (Lipinski definition) is 1. The molecule has 0 aliphatic heterocycles. The van der Waals surface area contributed by atoms with Crippen LogP contribution in [0.25, 0.3) is 6.08 Å². The first-order valence-electron chi connectivity index (χ1n) is 8.94. The standard InChI is InChI=1S/C22H24N2O3S/c1-14(2)27-21(26)18-10-11-28-20(18)24-19(25)16(13-23)12-15-6-8-17(9-7-15)22(3,4)5/h6-12,14H,1-5H3,(H,24,25)/b16-12+. The van der Waals surface area contributed by atoms with Gasteiger partial charge < -0.3 is 10.1 Å². The van der Waals surface area contributed by atoms with Crippen molar-refractivity contribution in [2.75, 3.05) is 5.32 Å². The summed E-state index contributed by atoms with van der Waals surface area (Å²) in [6.07, 6.45) is 1.27. The summed E-state index contributed by atoms with van der Waals surface area (Å²) in [6, 6.07) is 11.2. The number of thiophene rings is 1. The second-order valence-electron chi connectivity index (χ2n) is 7.61. The van der Waals surface area contributed by atoms with Crippen molar-refractivity contribution in [3.8, 4) is 6.07 Å². The van der Waals surface area contributed by atoms with Crippen LogP contribution in [0.3, 0.4) is 0 Å². The quantitative estimate of drug-likeness (QED) is 0.430. The fraction of sp³-hybridized carbons (Fsp3) is 0.318. The number of esters is 1. The first-order chi connectivity index (χ1) is 13.1. The number of hydrogen-bond acceptors (Lipinski definition) is 5. The Morgan fingerprint density at radius 1 is 1.18 bits per heavy atom.